The summed E-state index contributed by atoms with van der Waals surface area (Å²) in [4.78, 5) is 26.4. The highest BCUT2D eigenvalue weighted by molar-refractivity contribution is 9.09. The maximum absolute atomic E-state index is 10.9. The Kier molecular flexibility index (Phi) is 3.19. The van der Waals surface area contributed by atoms with Crippen LogP contribution in [-0.4, -0.2) is 33.6 Å². The first-order chi connectivity index (χ1) is 5.65. The van der Waals surface area contributed by atoms with E-state index in [0.29, 0.717) is 5.06 Å². The summed E-state index contributed by atoms with van der Waals surface area (Å²) in [6, 6.07) is 0. The van der Waals surface area contributed by atoms with Crippen molar-refractivity contribution in [3.8, 4) is 0 Å². The van der Waals surface area contributed by atoms with Crippen LogP contribution in [0.15, 0.2) is 0 Å². The first-order valence-electron chi connectivity index (χ1n) is 3.41. The number of hydrogen-bond donors (Lipinski definition) is 1. The van der Waals surface area contributed by atoms with E-state index < -0.39 is 18.1 Å². The van der Waals surface area contributed by atoms with E-state index in [1.807, 2.05) is 0 Å². The lowest BCUT2D eigenvalue weighted by Crippen LogP contribution is -2.34. The summed E-state index contributed by atoms with van der Waals surface area (Å²) in [5.74, 6) is -0.806. The molecular formula is C6H8BrNO4. The molecule has 0 aromatic rings. The lowest BCUT2D eigenvalue weighted by atomic mass is 10.4. The average molecular weight is 238 g/mol. The number of aliphatic hydroxyl groups is 1. The van der Waals surface area contributed by atoms with Gasteiger partial charge in [0.05, 0.1) is 5.33 Å². The molecule has 2 amide bonds. The van der Waals surface area contributed by atoms with Crippen molar-refractivity contribution in [2.75, 3.05) is 5.33 Å². The van der Waals surface area contributed by atoms with Gasteiger partial charge in [-0.25, -0.2) is 4.84 Å². The monoisotopic (exact) mass is 237 g/mol. The Morgan fingerprint density at radius 3 is 2.42 bits per heavy atom. The van der Waals surface area contributed by atoms with E-state index in [-0.39, 0.29) is 18.2 Å². The summed E-state index contributed by atoms with van der Waals surface area (Å²) in [6.45, 7) is 0. The second-order valence-electron chi connectivity index (χ2n) is 2.30. The zero-order valence-electron chi connectivity index (χ0n) is 6.20. The number of aliphatic hydroxyl groups excluding tert-OH is 1. The van der Waals surface area contributed by atoms with Gasteiger partial charge in [-0.1, -0.05) is 15.9 Å². The molecule has 6 heteroatoms. The third-order valence-electron chi connectivity index (χ3n) is 1.36. The molecule has 1 atom stereocenters. The lowest BCUT2D eigenvalue weighted by Gasteiger charge is -2.15. The Morgan fingerprint density at radius 1 is 1.50 bits per heavy atom. The standard InChI is InChI=1S/C6H8BrNO4/c7-3-6(11)12-8-4(9)1-2-5(8)10/h6,11H,1-3H2. The van der Waals surface area contributed by atoms with Gasteiger partial charge in [0.1, 0.15) is 0 Å². The van der Waals surface area contributed by atoms with Crippen LogP contribution in [0.1, 0.15) is 12.8 Å². The van der Waals surface area contributed by atoms with E-state index in [2.05, 4.69) is 20.8 Å². The van der Waals surface area contributed by atoms with Gasteiger partial charge in [0, 0.05) is 12.8 Å². The molecule has 0 aromatic carbocycles. The molecular weight excluding hydrogens is 230 g/mol. The van der Waals surface area contributed by atoms with Crippen LogP contribution in [0, 0.1) is 0 Å². The molecule has 1 fully saturated rings. The van der Waals surface area contributed by atoms with Crippen molar-refractivity contribution in [3.05, 3.63) is 0 Å². The Balaban J connectivity index is 2.50. The highest BCUT2D eigenvalue weighted by atomic mass is 79.9. The van der Waals surface area contributed by atoms with Crippen molar-refractivity contribution < 1.29 is 19.5 Å². The van der Waals surface area contributed by atoms with Crippen LogP contribution in [0.5, 0.6) is 0 Å². The number of carbonyl (C=O) groups is 2. The molecule has 1 aliphatic heterocycles. The van der Waals surface area contributed by atoms with E-state index in [1.165, 1.54) is 0 Å². The van der Waals surface area contributed by atoms with Gasteiger partial charge in [0.2, 0.25) is 0 Å². The summed E-state index contributed by atoms with van der Waals surface area (Å²) in [5, 5.41) is 9.71. The highest BCUT2D eigenvalue weighted by Crippen LogP contribution is 2.13. The van der Waals surface area contributed by atoms with Crippen LogP contribution in [0.25, 0.3) is 0 Å². The molecule has 1 heterocycles. The van der Waals surface area contributed by atoms with Gasteiger partial charge in [0.15, 0.2) is 6.29 Å². The lowest BCUT2D eigenvalue weighted by molar-refractivity contribution is -0.236. The van der Waals surface area contributed by atoms with Gasteiger partial charge in [-0.3, -0.25) is 9.59 Å². The summed E-state index contributed by atoms with van der Waals surface area (Å²) < 4.78 is 0. The van der Waals surface area contributed by atoms with E-state index in [0.717, 1.165) is 0 Å². The van der Waals surface area contributed by atoms with Gasteiger partial charge in [-0.15, -0.1) is 0 Å². The molecule has 0 saturated carbocycles. The molecule has 1 N–H and O–H groups in total. The number of alkyl halides is 1. The minimum Gasteiger partial charge on any atom is -0.365 e. The van der Waals surface area contributed by atoms with Crippen molar-refractivity contribution in [1.82, 2.24) is 5.06 Å². The molecule has 0 aromatic heterocycles. The van der Waals surface area contributed by atoms with Gasteiger partial charge in [-0.2, -0.15) is 5.06 Å². The minimum absolute atomic E-state index is 0.157. The van der Waals surface area contributed by atoms with Crippen molar-refractivity contribution >= 4 is 27.7 Å². The molecule has 12 heavy (non-hydrogen) atoms. The molecule has 1 rings (SSSR count). The van der Waals surface area contributed by atoms with Crippen LogP contribution in [0.3, 0.4) is 0 Å². The number of imide groups is 1. The quantitative estimate of drug-likeness (QED) is 0.419. The Bertz CT molecular complexity index is 192. The number of carbonyl (C=O) groups excluding carboxylic acids is 2. The second kappa shape index (κ2) is 3.97. The highest BCUT2D eigenvalue weighted by Gasteiger charge is 2.31. The fourth-order valence-corrected chi connectivity index (χ4v) is 0.942. The molecule has 0 spiro atoms. The number of nitrogens with zero attached hydrogens (tertiary/aromatic N) is 1. The zero-order chi connectivity index (χ0) is 9.14. The van der Waals surface area contributed by atoms with Crippen molar-refractivity contribution in [1.29, 1.82) is 0 Å². The number of rotatable bonds is 3. The maximum atomic E-state index is 10.9. The number of halogens is 1. The summed E-state index contributed by atoms with van der Waals surface area (Å²) in [7, 11) is 0. The van der Waals surface area contributed by atoms with Crippen molar-refractivity contribution in [3.63, 3.8) is 0 Å². The SMILES string of the molecule is O=C1CCC(=O)N1OC(O)CBr. The molecule has 1 aliphatic rings. The van der Waals surface area contributed by atoms with Crippen LogP contribution >= 0.6 is 15.9 Å². The Morgan fingerprint density at radius 2 is 2.00 bits per heavy atom. The maximum Gasteiger partial charge on any atom is 0.254 e. The fourth-order valence-electron chi connectivity index (χ4n) is 0.823. The van der Waals surface area contributed by atoms with Gasteiger partial charge in [0.25, 0.3) is 11.8 Å². The average Bonchev–Trinajstić information content (AvgIpc) is 2.35. The summed E-state index contributed by atoms with van der Waals surface area (Å²) in [5.41, 5.74) is 0. The van der Waals surface area contributed by atoms with Crippen LogP contribution < -0.4 is 0 Å². The number of hydroxylamine groups is 2. The Hall–Kier alpha value is -0.460. The third kappa shape index (κ3) is 2.02. The summed E-state index contributed by atoms with van der Waals surface area (Å²) in [6.07, 6.45) is -0.835. The van der Waals surface area contributed by atoms with E-state index in [1.54, 1.807) is 0 Å². The van der Waals surface area contributed by atoms with E-state index >= 15 is 0 Å². The molecule has 5 nitrogen and oxygen atoms in total. The van der Waals surface area contributed by atoms with E-state index in [4.69, 9.17) is 5.11 Å². The largest absolute Gasteiger partial charge is 0.365 e. The number of amides is 2. The van der Waals surface area contributed by atoms with Gasteiger partial charge < -0.3 is 5.11 Å². The molecule has 68 valence electrons. The first-order valence-corrected chi connectivity index (χ1v) is 4.54. The smallest absolute Gasteiger partial charge is 0.254 e. The summed E-state index contributed by atoms with van der Waals surface area (Å²) >= 11 is 2.94. The topological polar surface area (TPSA) is 66.8 Å². The first kappa shape index (κ1) is 9.63. The van der Waals surface area contributed by atoms with Crippen LogP contribution in [0.4, 0.5) is 0 Å². The van der Waals surface area contributed by atoms with Crippen LogP contribution in [0.2, 0.25) is 0 Å². The third-order valence-corrected chi connectivity index (χ3v) is 1.92. The molecule has 0 bridgehead atoms. The van der Waals surface area contributed by atoms with E-state index in [9.17, 15) is 9.59 Å². The Labute approximate surface area is 77.4 Å². The van der Waals surface area contributed by atoms with Crippen molar-refractivity contribution in [2.24, 2.45) is 0 Å². The molecule has 1 unspecified atom stereocenters. The molecule has 0 radical (unpaired) electrons. The van der Waals surface area contributed by atoms with Gasteiger partial charge >= 0.3 is 0 Å². The van der Waals surface area contributed by atoms with Gasteiger partial charge in [-0.05, 0) is 0 Å². The minimum atomic E-state index is -1.16. The van der Waals surface area contributed by atoms with Crippen LogP contribution in [-0.2, 0) is 14.4 Å². The predicted octanol–water partition coefficient (Wildman–Crippen LogP) is -0.220. The molecule has 1 saturated heterocycles. The normalized spacial score (nSPS) is 20.3. The fraction of sp³-hybridized carbons (Fsp3) is 0.667. The number of hydrogen-bond acceptors (Lipinski definition) is 4. The predicted molar refractivity (Wildman–Crippen MR) is 42.0 cm³/mol. The van der Waals surface area contributed by atoms with Crippen molar-refractivity contribution in [2.45, 2.75) is 19.1 Å². The zero-order valence-corrected chi connectivity index (χ0v) is 7.78. The molecule has 0 aliphatic carbocycles. The second-order valence-corrected chi connectivity index (χ2v) is 2.94.